The highest BCUT2D eigenvalue weighted by Gasteiger charge is 2.04. The van der Waals surface area contributed by atoms with Gasteiger partial charge in [-0.3, -0.25) is 0 Å². The van der Waals surface area contributed by atoms with Crippen LogP contribution in [-0.4, -0.2) is 9.97 Å². The third-order valence-electron chi connectivity index (χ3n) is 2.43. The van der Waals surface area contributed by atoms with Gasteiger partial charge < -0.3 is 0 Å². The fourth-order valence-electron chi connectivity index (χ4n) is 1.56. The lowest BCUT2D eigenvalue weighted by atomic mass is 10.3. The molecule has 0 aliphatic heterocycles. The predicted molar refractivity (Wildman–Crippen MR) is 83.6 cm³/mol. The van der Waals surface area contributed by atoms with E-state index in [0.717, 1.165) is 20.2 Å². The summed E-state index contributed by atoms with van der Waals surface area (Å²) in [4.78, 5) is 11.2. The summed E-state index contributed by atoms with van der Waals surface area (Å²) < 4.78 is 1.07. The van der Waals surface area contributed by atoms with Gasteiger partial charge in [0, 0.05) is 15.6 Å². The van der Waals surface area contributed by atoms with E-state index in [1.165, 1.54) is 4.88 Å². The Morgan fingerprint density at radius 3 is 2.63 bits per heavy atom. The molecule has 0 aliphatic rings. The summed E-state index contributed by atoms with van der Waals surface area (Å²) in [5.74, 6) is 0. The largest absolute Gasteiger partial charge is 0.231 e. The molecule has 0 saturated carbocycles. The molecule has 2 nitrogen and oxygen atoms in total. The van der Waals surface area contributed by atoms with Gasteiger partial charge in [0.15, 0.2) is 5.16 Å². The maximum Gasteiger partial charge on any atom is 0.192 e. The van der Waals surface area contributed by atoms with E-state index in [0.29, 0.717) is 0 Å². The summed E-state index contributed by atoms with van der Waals surface area (Å²) in [6.07, 6.45) is 1.81. The number of benzene rings is 1. The van der Waals surface area contributed by atoms with Crippen molar-refractivity contribution in [1.29, 1.82) is 0 Å². The third-order valence-corrected chi connectivity index (χ3v) is 4.74. The van der Waals surface area contributed by atoms with E-state index in [9.17, 15) is 0 Å². The molecule has 3 rings (SSSR count). The zero-order chi connectivity index (χ0) is 13.1. The van der Waals surface area contributed by atoms with Crippen LogP contribution in [-0.2, 0) is 0 Å². The average Bonchev–Trinajstić information content (AvgIpc) is 2.96. The normalized spacial score (nSPS) is 10.6. The number of hydrogen-bond donors (Lipinski definition) is 0. The summed E-state index contributed by atoms with van der Waals surface area (Å²) in [6, 6.07) is 14.2. The highest BCUT2D eigenvalue weighted by Crippen LogP contribution is 2.28. The van der Waals surface area contributed by atoms with Crippen LogP contribution in [0.15, 0.2) is 68.6 Å². The molecule has 0 N–H and O–H groups in total. The minimum absolute atomic E-state index is 0.772. The Hall–Kier alpha value is -1.17. The standard InChI is InChI=1S/C14H9BrN2S2/c15-10-3-5-11(6-4-10)19-14-16-8-7-12(17-14)13-2-1-9-18-13/h1-9H. The van der Waals surface area contributed by atoms with Crippen LogP contribution < -0.4 is 0 Å². The molecule has 0 atom stereocenters. The van der Waals surface area contributed by atoms with E-state index in [2.05, 4.69) is 49.5 Å². The molecule has 0 unspecified atom stereocenters. The molecule has 0 saturated heterocycles. The van der Waals surface area contributed by atoms with Crippen molar-refractivity contribution in [2.75, 3.05) is 0 Å². The summed E-state index contributed by atoms with van der Waals surface area (Å²) in [5, 5.41) is 2.83. The van der Waals surface area contributed by atoms with Crippen LogP contribution in [0.1, 0.15) is 0 Å². The lowest BCUT2D eigenvalue weighted by Crippen LogP contribution is -1.87. The fraction of sp³-hybridized carbons (Fsp3) is 0. The monoisotopic (exact) mass is 348 g/mol. The summed E-state index contributed by atoms with van der Waals surface area (Å²) in [5.41, 5.74) is 0.976. The SMILES string of the molecule is Brc1ccc(Sc2nccc(-c3cccs3)n2)cc1. The van der Waals surface area contributed by atoms with Gasteiger partial charge in [-0.15, -0.1) is 11.3 Å². The van der Waals surface area contributed by atoms with Gasteiger partial charge in [-0.25, -0.2) is 9.97 Å². The lowest BCUT2D eigenvalue weighted by molar-refractivity contribution is 0.974. The maximum atomic E-state index is 4.58. The molecule has 5 heteroatoms. The molecule has 0 fully saturated rings. The first-order valence-electron chi connectivity index (χ1n) is 5.61. The Bertz CT molecular complexity index is 666. The molecule has 2 heterocycles. The molecule has 19 heavy (non-hydrogen) atoms. The van der Waals surface area contributed by atoms with Crippen molar-refractivity contribution < 1.29 is 0 Å². The van der Waals surface area contributed by atoms with E-state index in [1.54, 1.807) is 23.1 Å². The van der Waals surface area contributed by atoms with Crippen molar-refractivity contribution in [3.8, 4) is 10.6 Å². The number of halogens is 1. The third kappa shape index (κ3) is 3.23. The minimum atomic E-state index is 0.772. The zero-order valence-electron chi connectivity index (χ0n) is 9.79. The van der Waals surface area contributed by atoms with E-state index in [4.69, 9.17) is 0 Å². The summed E-state index contributed by atoms with van der Waals surface area (Å²) in [7, 11) is 0. The molecule has 0 aliphatic carbocycles. The first-order valence-corrected chi connectivity index (χ1v) is 8.10. The predicted octanol–water partition coefficient (Wildman–Crippen LogP) is 5.12. The number of aromatic nitrogens is 2. The van der Waals surface area contributed by atoms with E-state index < -0.39 is 0 Å². The van der Waals surface area contributed by atoms with Crippen molar-refractivity contribution in [3.63, 3.8) is 0 Å². The Labute approximate surface area is 128 Å². The molecular formula is C14H9BrN2S2. The van der Waals surface area contributed by atoms with E-state index in [1.807, 2.05) is 30.5 Å². The number of rotatable bonds is 3. The van der Waals surface area contributed by atoms with Crippen molar-refractivity contribution in [3.05, 3.63) is 58.5 Å². The Balaban J connectivity index is 1.85. The molecule has 94 valence electrons. The number of thiophene rings is 1. The first-order chi connectivity index (χ1) is 9.31. The van der Waals surface area contributed by atoms with Crippen LogP contribution in [0.2, 0.25) is 0 Å². The molecule has 1 aromatic carbocycles. The van der Waals surface area contributed by atoms with Crippen LogP contribution in [0.5, 0.6) is 0 Å². The second kappa shape index (κ2) is 5.86. The Morgan fingerprint density at radius 2 is 1.89 bits per heavy atom. The molecule has 0 spiro atoms. The average molecular weight is 349 g/mol. The topological polar surface area (TPSA) is 25.8 Å². The van der Waals surface area contributed by atoms with Gasteiger partial charge in [0.2, 0.25) is 0 Å². The van der Waals surface area contributed by atoms with Gasteiger partial charge in [-0.2, -0.15) is 0 Å². The number of hydrogen-bond acceptors (Lipinski definition) is 4. The maximum absolute atomic E-state index is 4.58. The fourth-order valence-corrected chi connectivity index (χ4v) is 3.26. The molecule has 3 aromatic rings. The van der Waals surface area contributed by atoms with Crippen molar-refractivity contribution in [2.24, 2.45) is 0 Å². The second-order valence-electron chi connectivity index (χ2n) is 3.76. The molecule has 2 aromatic heterocycles. The first kappa shape index (κ1) is 12.8. The smallest absolute Gasteiger partial charge is 0.192 e. The highest BCUT2D eigenvalue weighted by atomic mass is 79.9. The summed E-state index contributed by atoms with van der Waals surface area (Å²) >= 11 is 6.69. The van der Waals surface area contributed by atoms with Gasteiger partial charge >= 0.3 is 0 Å². The van der Waals surface area contributed by atoms with Crippen LogP contribution >= 0.6 is 39.0 Å². The number of nitrogens with zero attached hydrogens (tertiary/aromatic N) is 2. The van der Waals surface area contributed by atoms with E-state index in [-0.39, 0.29) is 0 Å². The van der Waals surface area contributed by atoms with Gasteiger partial charge in [0.25, 0.3) is 0 Å². The lowest BCUT2D eigenvalue weighted by Gasteiger charge is -2.02. The van der Waals surface area contributed by atoms with Crippen LogP contribution in [0.4, 0.5) is 0 Å². The molecule has 0 bridgehead atoms. The van der Waals surface area contributed by atoms with Crippen molar-refractivity contribution >= 4 is 39.0 Å². The molecule has 0 radical (unpaired) electrons. The Morgan fingerprint density at radius 1 is 1.05 bits per heavy atom. The minimum Gasteiger partial charge on any atom is -0.231 e. The quantitative estimate of drug-likeness (QED) is 0.614. The summed E-state index contributed by atoms with van der Waals surface area (Å²) in [6.45, 7) is 0. The highest BCUT2D eigenvalue weighted by molar-refractivity contribution is 9.10. The van der Waals surface area contributed by atoms with Crippen LogP contribution in [0.25, 0.3) is 10.6 Å². The zero-order valence-corrected chi connectivity index (χ0v) is 13.0. The van der Waals surface area contributed by atoms with Crippen molar-refractivity contribution in [2.45, 2.75) is 10.1 Å². The van der Waals surface area contributed by atoms with Gasteiger partial charge in [-0.1, -0.05) is 22.0 Å². The molecular weight excluding hydrogens is 340 g/mol. The van der Waals surface area contributed by atoms with Crippen LogP contribution in [0.3, 0.4) is 0 Å². The van der Waals surface area contributed by atoms with Gasteiger partial charge in [0.1, 0.15) is 0 Å². The van der Waals surface area contributed by atoms with Crippen LogP contribution in [0, 0.1) is 0 Å². The van der Waals surface area contributed by atoms with Crippen molar-refractivity contribution in [1.82, 2.24) is 9.97 Å². The van der Waals surface area contributed by atoms with E-state index >= 15 is 0 Å². The molecule has 0 amide bonds. The Kier molecular flexibility index (Phi) is 3.96. The second-order valence-corrected chi connectivity index (χ2v) is 6.66. The van der Waals surface area contributed by atoms with Gasteiger partial charge in [-0.05, 0) is 53.5 Å². The van der Waals surface area contributed by atoms with Gasteiger partial charge in [0.05, 0.1) is 10.6 Å².